The van der Waals surface area contributed by atoms with E-state index >= 15 is 0 Å². The van der Waals surface area contributed by atoms with E-state index in [0.29, 0.717) is 17.3 Å². The van der Waals surface area contributed by atoms with Crippen LogP contribution in [0, 0.1) is 0 Å². The van der Waals surface area contributed by atoms with Gasteiger partial charge in [0.1, 0.15) is 0 Å². The predicted octanol–water partition coefficient (Wildman–Crippen LogP) is 3.30. The average molecular weight is 327 g/mol. The van der Waals surface area contributed by atoms with Gasteiger partial charge in [-0.05, 0) is 25.0 Å². The third kappa shape index (κ3) is 4.60. The minimum atomic E-state index is -0.778. The molecule has 122 valence electrons. The van der Waals surface area contributed by atoms with Crippen molar-refractivity contribution in [3.05, 3.63) is 28.8 Å². The summed E-state index contributed by atoms with van der Waals surface area (Å²) in [6.45, 7) is 0.582. The quantitative estimate of drug-likeness (QED) is 0.777. The van der Waals surface area contributed by atoms with Crippen molar-refractivity contribution in [2.75, 3.05) is 19.0 Å². The molecule has 2 amide bonds. The second kappa shape index (κ2) is 7.81. The van der Waals surface area contributed by atoms with Crippen LogP contribution in [0.1, 0.15) is 37.7 Å². The van der Waals surface area contributed by atoms with Crippen LogP contribution in [0.2, 0.25) is 5.02 Å². The maximum Gasteiger partial charge on any atom is 0.319 e. The highest BCUT2D eigenvalue weighted by molar-refractivity contribution is 6.31. The molecule has 1 aliphatic rings. The predicted molar refractivity (Wildman–Crippen MR) is 87.2 cm³/mol. The van der Waals surface area contributed by atoms with Crippen LogP contribution in [-0.4, -0.2) is 30.4 Å². The Kier molecular flexibility index (Phi) is 6.06. The van der Waals surface area contributed by atoms with Crippen LogP contribution in [0.5, 0.6) is 0 Å². The molecule has 0 saturated heterocycles. The number of rotatable bonds is 5. The van der Waals surface area contributed by atoms with Crippen LogP contribution < -0.4 is 10.6 Å². The lowest BCUT2D eigenvalue weighted by molar-refractivity contribution is 0.00755. The van der Waals surface area contributed by atoms with Crippen molar-refractivity contribution < 1.29 is 14.6 Å². The van der Waals surface area contributed by atoms with E-state index in [-0.39, 0.29) is 12.6 Å². The zero-order valence-corrected chi connectivity index (χ0v) is 13.6. The van der Waals surface area contributed by atoms with Gasteiger partial charge in [0.2, 0.25) is 0 Å². The smallest absolute Gasteiger partial charge is 0.319 e. The van der Waals surface area contributed by atoms with Crippen molar-refractivity contribution in [3.63, 3.8) is 0 Å². The standard InChI is InChI=1S/C16H23ClN2O3/c1-22-10-12-13(17)6-5-7-14(12)19-15(20)18-11-16(21)8-3-2-4-9-16/h5-7,21H,2-4,8-11H2,1H3,(H2,18,19,20). The van der Waals surface area contributed by atoms with Gasteiger partial charge in [0.05, 0.1) is 12.2 Å². The van der Waals surface area contributed by atoms with Gasteiger partial charge in [-0.2, -0.15) is 0 Å². The Labute approximate surface area is 136 Å². The second-order valence-corrected chi connectivity index (χ2v) is 6.20. The molecular weight excluding hydrogens is 304 g/mol. The summed E-state index contributed by atoms with van der Waals surface area (Å²) in [7, 11) is 1.58. The first-order valence-electron chi connectivity index (χ1n) is 7.58. The Hall–Kier alpha value is -1.30. The number of aliphatic hydroxyl groups is 1. The van der Waals surface area contributed by atoms with Crippen molar-refractivity contribution in [1.82, 2.24) is 5.32 Å². The molecule has 0 radical (unpaired) electrons. The van der Waals surface area contributed by atoms with Gasteiger partial charge in [0, 0.05) is 29.9 Å². The first-order chi connectivity index (χ1) is 10.5. The summed E-state index contributed by atoms with van der Waals surface area (Å²) < 4.78 is 5.11. The fraction of sp³-hybridized carbons (Fsp3) is 0.562. The van der Waals surface area contributed by atoms with Crippen LogP contribution in [0.15, 0.2) is 18.2 Å². The molecule has 3 N–H and O–H groups in total. The van der Waals surface area contributed by atoms with E-state index in [1.54, 1.807) is 25.3 Å². The normalized spacial score (nSPS) is 17.0. The monoisotopic (exact) mass is 326 g/mol. The SMILES string of the molecule is COCc1c(Cl)cccc1NC(=O)NCC1(O)CCCCC1. The summed E-state index contributed by atoms with van der Waals surface area (Å²) in [5.41, 5.74) is 0.569. The molecule has 6 heteroatoms. The fourth-order valence-corrected chi connectivity index (χ4v) is 2.99. The molecule has 1 saturated carbocycles. The van der Waals surface area contributed by atoms with Gasteiger partial charge in [-0.1, -0.05) is 36.9 Å². The van der Waals surface area contributed by atoms with Gasteiger partial charge in [-0.3, -0.25) is 0 Å². The van der Waals surface area contributed by atoms with Crippen LogP contribution in [0.25, 0.3) is 0 Å². The van der Waals surface area contributed by atoms with E-state index in [4.69, 9.17) is 16.3 Å². The molecule has 5 nitrogen and oxygen atoms in total. The van der Waals surface area contributed by atoms with E-state index < -0.39 is 5.60 Å². The molecule has 0 spiro atoms. The number of amides is 2. The summed E-state index contributed by atoms with van der Waals surface area (Å²) in [4.78, 5) is 12.0. The lowest BCUT2D eigenvalue weighted by atomic mass is 9.85. The number of ether oxygens (including phenoxy) is 1. The molecular formula is C16H23ClN2O3. The largest absolute Gasteiger partial charge is 0.388 e. The van der Waals surface area contributed by atoms with E-state index in [2.05, 4.69) is 10.6 Å². The number of anilines is 1. The molecule has 0 aliphatic heterocycles. The topological polar surface area (TPSA) is 70.6 Å². The van der Waals surface area contributed by atoms with E-state index in [1.807, 2.05) is 0 Å². The number of carbonyl (C=O) groups is 1. The van der Waals surface area contributed by atoms with Gasteiger partial charge >= 0.3 is 6.03 Å². The summed E-state index contributed by atoms with van der Waals surface area (Å²) in [5.74, 6) is 0. The highest BCUT2D eigenvalue weighted by atomic mass is 35.5. The zero-order valence-electron chi connectivity index (χ0n) is 12.8. The van der Waals surface area contributed by atoms with Crippen LogP contribution >= 0.6 is 11.6 Å². The molecule has 22 heavy (non-hydrogen) atoms. The Bertz CT molecular complexity index is 516. The van der Waals surface area contributed by atoms with Gasteiger partial charge in [0.15, 0.2) is 0 Å². The van der Waals surface area contributed by atoms with Crippen LogP contribution in [0.3, 0.4) is 0 Å². The molecule has 1 aliphatic carbocycles. The number of benzene rings is 1. The molecule has 0 heterocycles. The number of carbonyl (C=O) groups excluding carboxylic acids is 1. The number of urea groups is 1. The number of methoxy groups -OCH3 is 1. The van der Waals surface area contributed by atoms with Crippen molar-refractivity contribution in [3.8, 4) is 0 Å². The minimum Gasteiger partial charge on any atom is -0.388 e. The zero-order chi connectivity index (χ0) is 16.0. The Morgan fingerprint density at radius 2 is 2.09 bits per heavy atom. The lowest BCUT2D eigenvalue weighted by Crippen LogP contribution is -2.45. The number of hydrogen-bond acceptors (Lipinski definition) is 3. The van der Waals surface area contributed by atoms with Crippen molar-refractivity contribution >= 4 is 23.3 Å². The maximum atomic E-state index is 12.0. The second-order valence-electron chi connectivity index (χ2n) is 5.79. The van der Waals surface area contributed by atoms with Crippen molar-refractivity contribution in [2.24, 2.45) is 0 Å². The highest BCUT2D eigenvalue weighted by Crippen LogP contribution is 2.27. The molecule has 2 rings (SSSR count). The molecule has 0 unspecified atom stereocenters. The first-order valence-corrected chi connectivity index (χ1v) is 7.95. The number of halogens is 1. The summed E-state index contributed by atoms with van der Waals surface area (Å²) in [6.07, 6.45) is 4.63. The van der Waals surface area contributed by atoms with E-state index in [9.17, 15) is 9.90 Å². The van der Waals surface area contributed by atoms with Gasteiger partial charge in [-0.25, -0.2) is 4.79 Å². The molecule has 0 bridgehead atoms. The lowest BCUT2D eigenvalue weighted by Gasteiger charge is -2.32. The van der Waals surface area contributed by atoms with Gasteiger partial charge < -0.3 is 20.5 Å². The maximum absolute atomic E-state index is 12.0. The van der Waals surface area contributed by atoms with E-state index in [0.717, 1.165) is 37.7 Å². The Morgan fingerprint density at radius 3 is 2.77 bits per heavy atom. The van der Waals surface area contributed by atoms with Crippen LogP contribution in [0.4, 0.5) is 10.5 Å². The average Bonchev–Trinajstić information content (AvgIpc) is 2.50. The fourth-order valence-electron chi connectivity index (χ4n) is 2.76. The summed E-state index contributed by atoms with van der Waals surface area (Å²) >= 11 is 6.12. The molecule has 0 aromatic heterocycles. The number of nitrogens with one attached hydrogen (secondary N) is 2. The Balaban J connectivity index is 1.93. The summed E-state index contributed by atoms with van der Waals surface area (Å²) in [6, 6.07) is 4.95. The Morgan fingerprint density at radius 1 is 1.36 bits per heavy atom. The molecule has 0 atom stereocenters. The van der Waals surface area contributed by atoms with Gasteiger partial charge in [0.25, 0.3) is 0 Å². The molecule has 1 aromatic carbocycles. The summed E-state index contributed by atoms with van der Waals surface area (Å²) in [5, 5.41) is 16.4. The third-order valence-corrected chi connectivity index (χ3v) is 4.37. The van der Waals surface area contributed by atoms with Crippen LogP contribution in [-0.2, 0) is 11.3 Å². The van der Waals surface area contributed by atoms with Crippen molar-refractivity contribution in [1.29, 1.82) is 0 Å². The molecule has 1 fully saturated rings. The first kappa shape index (κ1) is 17.1. The minimum absolute atomic E-state index is 0.263. The molecule has 1 aromatic rings. The third-order valence-electron chi connectivity index (χ3n) is 4.02. The van der Waals surface area contributed by atoms with Crippen molar-refractivity contribution in [2.45, 2.75) is 44.3 Å². The van der Waals surface area contributed by atoms with Gasteiger partial charge in [-0.15, -0.1) is 0 Å². The van der Waals surface area contributed by atoms with E-state index in [1.165, 1.54) is 0 Å². The highest BCUT2D eigenvalue weighted by Gasteiger charge is 2.29. The number of hydrogen-bond donors (Lipinski definition) is 3.